The summed E-state index contributed by atoms with van der Waals surface area (Å²) in [5.74, 6) is 0. The molecule has 0 fully saturated rings. The van der Waals surface area contributed by atoms with Crippen molar-refractivity contribution in [3.05, 3.63) is 33.8 Å². The van der Waals surface area contributed by atoms with E-state index in [1.807, 2.05) is 18.2 Å². The molecular formula is C11H13BrCl2O. The normalized spacial score (nSPS) is 12.8. The lowest BCUT2D eigenvalue weighted by Crippen LogP contribution is -2.07. The molecule has 0 aliphatic rings. The summed E-state index contributed by atoms with van der Waals surface area (Å²) in [7, 11) is 1.70. The zero-order valence-corrected chi connectivity index (χ0v) is 11.6. The molecule has 1 rings (SSSR count). The summed E-state index contributed by atoms with van der Waals surface area (Å²) in [4.78, 5) is 0.386. The van der Waals surface area contributed by atoms with Gasteiger partial charge in [0.25, 0.3) is 0 Å². The third kappa shape index (κ3) is 4.73. The summed E-state index contributed by atoms with van der Waals surface area (Å²) in [5.41, 5.74) is 1.20. The molecule has 1 unspecified atom stereocenters. The Bertz CT molecular complexity index is 317. The average Bonchev–Trinajstić information content (AvgIpc) is 2.20. The van der Waals surface area contributed by atoms with E-state index in [9.17, 15) is 0 Å². The van der Waals surface area contributed by atoms with Crippen molar-refractivity contribution >= 4 is 39.1 Å². The van der Waals surface area contributed by atoms with Gasteiger partial charge in [0.1, 0.15) is 0 Å². The van der Waals surface area contributed by atoms with Gasteiger partial charge in [-0.2, -0.15) is 0 Å². The van der Waals surface area contributed by atoms with Crippen LogP contribution in [0.4, 0.5) is 0 Å². The number of ether oxygens (including phenoxy) is 1. The maximum atomic E-state index is 5.92. The van der Waals surface area contributed by atoms with Gasteiger partial charge < -0.3 is 4.74 Å². The number of alkyl halides is 1. The first-order chi connectivity index (χ1) is 7.13. The summed E-state index contributed by atoms with van der Waals surface area (Å²) >= 11 is 15.3. The maximum Gasteiger partial charge on any atom is 0.0595 e. The SMILES string of the molecule is COCC(Br)CCc1ccc(Cl)c(Cl)c1. The van der Waals surface area contributed by atoms with E-state index < -0.39 is 0 Å². The second-order valence-electron chi connectivity index (χ2n) is 3.34. The van der Waals surface area contributed by atoms with Crippen LogP contribution >= 0.6 is 39.1 Å². The predicted octanol–water partition coefficient (Wildman–Crippen LogP) is 4.34. The lowest BCUT2D eigenvalue weighted by molar-refractivity contribution is 0.198. The quantitative estimate of drug-likeness (QED) is 0.735. The van der Waals surface area contributed by atoms with Crippen LogP contribution in [0.1, 0.15) is 12.0 Å². The summed E-state index contributed by atoms with van der Waals surface area (Å²) in [6.45, 7) is 0.724. The Hall–Kier alpha value is 0.240. The second kappa shape index (κ2) is 6.74. The Morgan fingerprint density at radius 3 is 2.67 bits per heavy atom. The van der Waals surface area contributed by atoms with Crippen LogP contribution in [0.15, 0.2) is 18.2 Å². The summed E-state index contributed by atoms with van der Waals surface area (Å²) in [6.07, 6.45) is 1.99. The van der Waals surface area contributed by atoms with Gasteiger partial charge >= 0.3 is 0 Å². The van der Waals surface area contributed by atoms with Gasteiger partial charge in [0.15, 0.2) is 0 Å². The molecule has 0 amide bonds. The van der Waals surface area contributed by atoms with Crippen molar-refractivity contribution in [1.82, 2.24) is 0 Å². The molecule has 1 atom stereocenters. The highest BCUT2D eigenvalue weighted by Crippen LogP contribution is 2.23. The molecule has 0 N–H and O–H groups in total. The molecule has 1 aromatic carbocycles. The molecule has 0 aliphatic carbocycles. The Morgan fingerprint density at radius 2 is 2.07 bits per heavy atom. The van der Waals surface area contributed by atoms with Crippen molar-refractivity contribution in [2.24, 2.45) is 0 Å². The Balaban J connectivity index is 2.47. The first-order valence-electron chi connectivity index (χ1n) is 4.70. The molecule has 0 saturated heterocycles. The first-order valence-corrected chi connectivity index (χ1v) is 6.37. The van der Waals surface area contributed by atoms with E-state index in [4.69, 9.17) is 27.9 Å². The minimum atomic E-state index is 0.386. The number of rotatable bonds is 5. The zero-order valence-electron chi connectivity index (χ0n) is 8.47. The van der Waals surface area contributed by atoms with E-state index >= 15 is 0 Å². The Morgan fingerprint density at radius 1 is 1.33 bits per heavy atom. The minimum Gasteiger partial charge on any atom is -0.384 e. The predicted molar refractivity (Wildman–Crippen MR) is 69.4 cm³/mol. The van der Waals surface area contributed by atoms with Crippen molar-refractivity contribution in [3.63, 3.8) is 0 Å². The molecular weight excluding hydrogens is 299 g/mol. The molecule has 0 aliphatic heterocycles. The van der Waals surface area contributed by atoms with Gasteiger partial charge in [-0.25, -0.2) is 0 Å². The van der Waals surface area contributed by atoms with Crippen LogP contribution < -0.4 is 0 Å². The van der Waals surface area contributed by atoms with Gasteiger partial charge in [-0.1, -0.05) is 45.2 Å². The summed E-state index contributed by atoms with van der Waals surface area (Å²) in [6, 6.07) is 5.75. The molecule has 4 heteroatoms. The van der Waals surface area contributed by atoms with Crippen LogP contribution in [-0.2, 0) is 11.2 Å². The molecule has 1 aromatic rings. The van der Waals surface area contributed by atoms with Gasteiger partial charge in [0.05, 0.1) is 16.7 Å². The van der Waals surface area contributed by atoms with Crippen LogP contribution in [-0.4, -0.2) is 18.5 Å². The van der Waals surface area contributed by atoms with Crippen LogP contribution in [0.3, 0.4) is 0 Å². The molecule has 0 radical (unpaired) electrons. The molecule has 0 aromatic heterocycles. The van der Waals surface area contributed by atoms with Crippen molar-refractivity contribution in [3.8, 4) is 0 Å². The standard InChI is InChI=1S/C11H13BrCl2O/c1-15-7-9(12)4-2-8-3-5-10(13)11(14)6-8/h3,5-6,9H,2,4,7H2,1H3. The molecule has 15 heavy (non-hydrogen) atoms. The molecule has 0 heterocycles. The Labute approximate surface area is 109 Å². The van der Waals surface area contributed by atoms with Gasteiger partial charge in [0, 0.05) is 11.9 Å². The fourth-order valence-electron chi connectivity index (χ4n) is 1.28. The number of hydrogen-bond acceptors (Lipinski definition) is 1. The van der Waals surface area contributed by atoms with E-state index in [1.54, 1.807) is 7.11 Å². The average molecular weight is 312 g/mol. The summed E-state index contributed by atoms with van der Waals surface area (Å²) in [5, 5.41) is 1.22. The van der Waals surface area contributed by atoms with Gasteiger partial charge in [-0.05, 0) is 30.5 Å². The molecule has 84 valence electrons. The third-order valence-corrected chi connectivity index (χ3v) is 3.54. The van der Waals surface area contributed by atoms with E-state index in [0.29, 0.717) is 14.9 Å². The highest BCUT2D eigenvalue weighted by Gasteiger charge is 2.05. The highest BCUT2D eigenvalue weighted by molar-refractivity contribution is 9.09. The Kier molecular flexibility index (Phi) is 5.98. The fraction of sp³-hybridized carbons (Fsp3) is 0.455. The van der Waals surface area contributed by atoms with Crippen LogP contribution in [0, 0.1) is 0 Å². The topological polar surface area (TPSA) is 9.23 Å². The molecule has 0 saturated carbocycles. The van der Waals surface area contributed by atoms with Crippen molar-refractivity contribution in [1.29, 1.82) is 0 Å². The fourth-order valence-corrected chi connectivity index (χ4v) is 2.10. The molecule has 0 bridgehead atoms. The highest BCUT2D eigenvalue weighted by atomic mass is 79.9. The largest absolute Gasteiger partial charge is 0.384 e. The molecule has 0 spiro atoms. The van der Waals surface area contributed by atoms with Crippen LogP contribution in [0.5, 0.6) is 0 Å². The number of methoxy groups -OCH3 is 1. The van der Waals surface area contributed by atoms with E-state index in [-0.39, 0.29) is 0 Å². The maximum absolute atomic E-state index is 5.92. The number of benzene rings is 1. The van der Waals surface area contributed by atoms with Crippen molar-refractivity contribution < 1.29 is 4.74 Å². The zero-order chi connectivity index (χ0) is 11.3. The van der Waals surface area contributed by atoms with Gasteiger partial charge in [-0.15, -0.1) is 0 Å². The lowest BCUT2D eigenvalue weighted by atomic mass is 10.1. The smallest absolute Gasteiger partial charge is 0.0595 e. The third-order valence-electron chi connectivity index (χ3n) is 2.08. The summed E-state index contributed by atoms with van der Waals surface area (Å²) < 4.78 is 5.04. The van der Waals surface area contributed by atoms with Crippen molar-refractivity contribution in [2.45, 2.75) is 17.7 Å². The van der Waals surface area contributed by atoms with Crippen molar-refractivity contribution in [2.75, 3.05) is 13.7 Å². The second-order valence-corrected chi connectivity index (χ2v) is 5.45. The lowest BCUT2D eigenvalue weighted by Gasteiger charge is -2.08. The van der Waals surface area contributed by atoms with Gasteiger partial charge in [0.2, 0.25) is 0 Å². The molecule has 1 nitrogen and oxygen atoms in total. The number of aryl methyl sites for hydroxylation is 1. The van der Waals surface area contributed by atoms with Gasteiger partial charge in [-0.3, -0.25) is 0 Å². The van der Waals surface area contributed by atoms with E-state index in [2.05, 4.69) is 15.9 Å². The van der Waals surface area contributed by atoms with E-state index in [0.717, 1.165) is 19.4 Å². The number of hydrogen-bond donors (Lipinski definition) is 0. The van der Waals surface area contributed by atoms with Crippen LogP contribution in [0.25, 0.3) is 0 Å². The van der Waals surface area contributed by atoms with E-state index in [1.165, 1.54) is 5.56 Å². The first kappa shape index (κ1) is 13.3. The monoisotopic (exact) mass is 310 g/mol. The van der Waals surface area contributed by atoms with Crippen LogP contribution in [0.2, 0.25) is 10.0 Å². The minimum absolute atomic E-state index is 0.386. The number of halogens is 3.